The summed E-state index contributed by atoms with van der Waals surface area (Å²) >= 11 is 9.88. The van der Waals surface area contributed by atoms with Gasteiger partial charge in [-0.3, -0.25) is 14.4 Å². The Labute approximate surface area is 179 Å². The van der Waals surface area contributed by atoms with Gasteiger partial charge in [-0.15, -0.1) is 5.10 Å². The lowest BCUT2D eigenvalue weighted by atomic mass is 10.00. The average Bonchev–Trinajstić information content (AvgIpc) is 2.87. The lowest BCUT2D eigenvalue weighted by molar-refractivity contribution is -0.225. The molecule has 1 aliphatic heterocycles. The predicted molar refractivity (Wildman–Crippen MR) is 99.8 cm³/mol. The van der Waals surface area contributed by atoms with Gasteiger partial charge in [0.15, 0.2) is 23.2 Å². The van der Waals surface area contributed by atoms with Gasteiger partial charge in [0, 0.05) is 20.8 Å². The van der Waals surface area contributed by atoms with E-state index < -0.39 is 47.3 Å². The third-order valence-electron chi connectivity index (χ3n) is 3.45. The number of aromatic nitrogens is 3. The number of hydrogen-bond acceptors (Lipinski definition) is 9. The number of carbonyl (C=O) groups is 3. The fourth-order valence-electron chi connectivity index (χ4n) is 2.51. The summed E-state index contributed by atoms with van der Waals surface area (Å²) in [5.41, 5.74) is 0. The molecule has 1 aliphatic rings. The molecule has 0 aromatic carbocycles. The van der Waals surface area contributed by atoms with E-state index in [-0.39, 0.29) is 6.61 Å². The van der Waals surface area contributed by atoms with Crippen molar-refractivity contribution >= 4 is 65.7 Å². The Kier molecular flexibility index (Phi) is 7.77. The molecule has 0 bridgehead atoms. The number of nitrogens with zero attached hydrogens (tertiary/aromatic N) is 3. The maximum Gasteiger partial charge on any atom is 0.303 e. The third-order valence-corrected chi connectivity index (χ3v) is 5.30. The van der Waals surface area contributed by atoms with Crippen LogP contribution in [0, 0.1) is 0 Å². The molecule has 0 unspecified atom stereocenters. The van der Waals surface area contributed by atoms with E-state index in [0.717, 1.165) is 0 Å². The number of alkyl halides is 1. The van der Waals surface area contributed by atoms with Crippen molar-refractivity contribution in [2.24, 2.45) is 0 Å². The van der Waals surface area contributed by atoms with Crippen molar-refractivity contribution in [1.82, 2.24) is 14.8 Å². The van der Waals surface area contributed by atoms with Crippen LogP contribution in [0.25, 0.3) is 0 Å². The molecule has 0 aliphatic carbocycles. The van der Waals surface area contributed by atoms with E-state index in [0.29, 0.717) is 9.47 Å². The zero-order chi connectivity index (χ0) is 20.3. The molecule has 0 amide bonds. The van der Waals surface area contributed by atoms with E-state index in [1.807, 2.05) is 0 Å². The van der Waals surface area contributed by atoms with E-state index >= 15 is 0 Å². The molecular weight excluding hydrogens is 562 g/mol. The molecule has 150 valence electrons. The van der Waals surface area contributed by atoms with E-state index in [2.05, 4.69) is 57.9 Å². The van der Waals surface area contributed by atoms with Crippen molar-refractivity contribution < 1.29 is 33.3 Å². The molecule has 0 N–H and O–H groups in total. The molecule has 10 nitrogen and oxygen atoms in total. The molecule has 5 atom stereocenters. The molecule has 2 heterocycles. The summed E-state index contributed by atoms with van der Waals surface area (Å²) in [5.74, 6) is -1.71. The molecule has 0 radical (unpaired) electrons. The Balaban J connectivity index is 2.40. The lowest BCUT2D eigenvalue weighted by Crippen LogP contribution is -2.58. The van der Waals surface area contributed by atoms with Crippen molar-refractivity contribution in [1.29, 1.82) is 0 Å². The Hall–Kier alpha value is -1.05. The molecule has 1 aromatic rings. The first-order valence-electron chi connectivity index (χ1n) is 7.65. The van der Waals surface area contributed by atoms with Crippen LogP contribution in [0.15, 0.2) is 9.47 Å². The SMILES string of the molecule is CC(=O)OC[C@H]1O[C@H](n2nc(Br)nc2Br)[C@@H](Br)[C@@H](OC(C)=O)[C@@H]1OC(C)=O. The van der Waals surface area contributed by atoms with Crippen molar-refractivity contribution in [2.75, 3.05) is 6.61 Å². The largest absolute Gasteiger partial charge is 0.463 e. The van der Waals surface area contributed by atoms with Crippen molar-refractivity contribution in [3.8, 4) is 0 Å². The summed E-state index contributed by atoms with van der Waals surface area (Å²) in [4.78, 5) is 37.8. The number of ether oxygens (including phenoxy) is 4. The highest BCUT2D eigenvalue weighted by Crippen LogP contribution is 2.37. The highest BCUT2D eigenvalue weighted by Gasteiger charge is 2.50. The van der Waals surface area contributed by atoms with E-state index in [1.165, 1.54) is 25.5 Å². The second kappa shape index (κ2) is 9.43. The summed E-state index contributed by atoms with van der Waals surface area (Å²) < 4.78 is 23.8. The van der Waals surface area contributed by atoms with Crippen LogP contribution < -0.4 is 0 Å². The minimum absolute atomic E-state index is 0.214. The second-order valence-corrected chi connectivity index (χ2v) is 8.03. The molecule has 0 saturated carbocycles. The van der Waals surface area contributed by atoms with Crippen LogP contribution in [0.3, 0.4) is 0 Å². The highest BCUT2D eigenvalue weighted by atomic mass is 79.9. The minimum atomic E-state index is -1.00. The molecule has 1 aromatic heterocycles. The first-order chi connectivity index (χ1) is 12.6. The minimum Gasteiger partial charge on any atom is -0.463 e. The third kappa shape index (κ3) is 5.72. The molecule has 2 rings (SSSR count). The standard InChI is InChI=1S/C14H16Br3N3O7/c1-5(21)24-4-8-10(25-6(2)22)11(26-7(3)23)9(15)12(27-8)20-14(17)18-13(16)19-20/h8-12H,4H2,1-3H3/t8-,9+,10-,11-,12+/m1/s1. The van der Waals surface area contributed by atoms with Crippen molar-refractivity contribution in [3.63, 3.8) is 0 Å². The molecular formula is C14H16Br3N3O7. The van der Waals surface area contributed by atoms with Crippen LogP contribution in [-0.4, -0.2) is 62.4 Å². The first kappa shape index (κ1) is 22.2. The normalized spacial score (nSPS) is 27.7. The van der Waals surface area contributed by atoms with Gasteiger partial charge in [-0.1, -0.05) is 15.9 Å². The summed E-state index contributed by atoms with van der Waals surface area (Å²) in [6.07, 6.45) is -3.65. The molecule has 1 saturated heterocycles. The van der Waals surface area contributed by atoms with Crippen LogP contribution in [-0.2, 0) is 33.3 Å². The molecule has 1 fully saturated rings. The summed E-state index contributed by atoms with van der Waals surface area (Å²) in [7, 11) is 0. The topological polar surface area (TPSA) is 119 Å². The quantitative estimate of drug-likeness (QED) is 0.294. The Morgan fingerprint density at radius 1 is 1.07 bits per heavy atom. The predicted octanol–water partition coefficient (Wildman–Crippen LogP) is 1.89. The monoisotopic (exact) mass is 575 g/mol. The van der Waals surface area contributed by atoms with E-state index in [4.69, 9.17) is 18.9 Å². The number of carbonyl (C=O) groups excluding carboxylic acids is 3. The van der Waals surface area contributed by atoms with Gasteiger partial charge >= 0.3 is 17.9 Å². The summed E-state index contributed by atoms with van der Waals surface area (Å²) in [6.45, 7) is 3.48. The Morgan fingerprint density at radius 3 is 2.15 bits per heavy atom. The van der Waals surface area contributed by atoms with E-state index in [9.17, 15) is 14.4 Å². The van der Waals surface area contributed by atoms with Crippen LogP contribution in [0.2, 0.25) is 0 Å². The summed E-state index contributed by atoms with van der Waals surface area (Å²) in [5, 5.41) is 4.18. The fourth-order valence-corrected chi connectivity index (χ4v) is 4.30. The first-order valence-corrected chi connectivity index (χ1v) is 10.1. The van der Waals surface area contributed by atoms with Gasteiger partial charge in [-0.2, -0.15) is 4.98 Å². The number of hydrogen-bond donors (Lipinski definition) is 0. The van der Waals surface area contributed by atoms with Gasteiger partial charge < -0.3 is 18.9 Å². The van der Waals surface area contributed by atoms with Crippen molar-refractivity contribution in [2.45, 2.75) is 50.1 Å². The van der Waals surface area contributed by atoms with Crippen LogP contribution in [0.4, 0.5) is 0 Å². The smallest absolute Gasteiger partial charge is 0.303 e. The molecule has 27 heavy (non-hydrogen) atoms. The Bertz CT molecular complexity index is 729. The maximum absolute atomic E-state index is 11.6. The number of halogens is 3. The average molecular weight is 578 g/mol. The van der Waals surface area contributed by atoms with Crippen molar-refractivity contribution in [3.05, 3.63) is 9.47 Å². The lowest BCUT2D eigenvalue weighted by Gasteiger charge is -2.43. The van der Waals surface area contributed by atoms with Gasteiger partial charge in [0.25, 0.3) is 0 Å². The number of rotatable bonds is 5. The van der Waals surface area contributed by atoms with Crippen LogP contribution >= 0.6 is 47.8 Å². The van der Waals surface area contributed by atoms with Crippen LogP contribution in [0.1, 0.15) is 27.0 Å². The van der Waals surface area contributed by atoms with Gasteiger partial charge in [0.05, 0.1) is 0 Å². The van der Waals surface area contributed by atoms with Gasteiger partial charge in [-0.25, -0.2) is 4.68 Å². The highest BCUT2D eigenvalue weighted by molar-refractivity contribution is 9.11. The number of esters is 3. The zero-order valence-corrected chi connectivity index (χ0v) is 19.2. The van der Waals surface area contributed by atoms with Gasteiger partial charge in [0.2, 0.25) is 4.73 Å². The van der Waals surface area contributed by atoms with Crippen LogP contribution in [0.5, 0.6) is 0 Å². The van der Waals surface area contributed by atoms with E-state index in [1.54, 1.807) is 0 Å². The van der Waals surface area contributed by atoms with Gasteiger partial charge in [-0.05, 0) is 31.9 Å². The maximum atomic E-state index is 11.6. The summed E-state index contributed by atoms with van der Waals surface area (Å²) in [6, 6.07) is 0. The zero-order valence-electron chi connectivity index (χ0n) is 14.4. The molecule has 0 spiro atoms. The van der Waals surface area contributed by atoms with Gasteiger partial charge in [0.1, 0.15) is 17.5 Å². The second-order valence-electron chi connectivity index (χ2n) is 5.55. The molecule has 13 heteroatoms. The fraction of sp³-hybridized carbons (Fsp3) is 0.643. The Morgan fingerprint density at radius 2 is 1.67 bits per heavy atom.